The van der Waals surface area contributed by atoms with Gasteiger partial charge in [0.05, 0.1) is 0 Å². The van der Waals surface area contributed by atoms with Crippen molar-refractivity contribution in [2.24, 2.45) is 17.1 Å². The summed E-state index contributed by atoms with van der Waals surface area (Å²) in [6.45, 7) is 7.19. The highest BCUT2D eigenvalue weighted by molar-refractivity contribution is 5.44. The molecule has 1 saturated carbocycles. The normalized spacial score (nSPS) is 27.7. The van der Waals surface area contributed by atoms with Gasteiger partial charge in [-0.1, -0.05) is 31.5 Å². The summed E-state index contributed by atoms with van der Waals surface area (Å²) in [6.07, 6.45) is 0. The second-order valence-corrected chi connectivity index (χ2v) is 5.20. The lowest BCUT2D eigenvalue weighted by atomic mass is 10.0. The Morgan fingerprint density at radius 3 is 2.60 bits per heavy atom. The van der Waals surface area contributed by atoms with Crippen LogP contribution in [-0.2, 0) is 0 Å². The Kier molecular flexibility index (Phi) is 2.27. The van der Waals surface area contributed by atoms with Crippen molar-refractivity contribution in [1.82, 2.24) is 0 Å². The van der Waals surface area contributed by atoms with Gasteiger partial charge in [0.2, 0.25) is 0 Å². The molecule has 2 atom stereocenters. The molecule has 0 saturated heterocycles. The van der Waals surface area contributed by atoms with Gasteiger partial charge in [0.15, 0.2) is 0 Å². The van der Waals surface area contributed by atoms with Crippen molar-refractivity contribution in [1.29, 1.82) is 0 Å². The summed E-state index contributed by atoms with van der Waals surface area (Å²) >= 11 is 0. The van der Waals surface area contributed by atoms with E-state index in [4.69, 9.17) is 5.73 Å². The Morgan fingerprint density at radius 1 is 1.40 bits per heavy atom. The van der Waals surface area contributed by atoms with Gasteiger partial charge in [-0.25, -0.2) is 0 Å². The van der Waals surface area contributed by atoms with Crippen LogP contribution in [-0.4, -0.2) is 11.7 Å². The number of hydrogen-bond donors (Lipinski definition) is 2. The van der Waals surface area contributed by atoms with Crippen molar-refractivity contribution in [3.63, 3.8) is 0 Å². The number of phenolic OH excluding ortho intramolecular Hbond substituents is 1. The maximum absolute atomic E-state index is 9.85. The van der Waals surface area contributed by atoms with Crippen LogP contribution < -0.4 is 5.73 Å². The second kappa shape index (κ2) is 3.24. The highest BCUT2D eigenvalue weighted by Crippen LogP contribution is 2.65. The average Bonchev–Trinajstić information content (AvgIpc) is 2.72. The van der Waals surface area contributed by atoms with Crippen molar-refractivity contribution in [2.75, 3.05) is 6.54 Å². The minimum absolute atomic E-state index is 0.236. The van der Waals surface area contributed by atoms with Gasteiger partial charge in [-0.15, -0.1) is 0 Å². The molecule has 2 nitrogen and oxygen atoms in total. The molecule has 0 amide bonds. The van der Waals surface area contributed by atoms with Gasteiger partial charge in [0.1, 0.15) is 5.75 Å². The van der Waals surface area contributed by atoms with Crippen molar-refractivity contribution in [3.8, 4) is 5.75 Å². The van der Waals surface area contributed by atoms with Crippen LogP contribution in [0.15, 0.2) is 18.2 Å². The van der Waals surface area contributed by atoms with E-state index in [0.29, 0.717) is 24.1 Å². The van der Waals surface area contributed by atoms with E-state index in [0.717, 1.165) is 5.56 Å². The van der Waals surface area contributed by atoms with Crippen molar-refractivity contribution in [2.45, 2.75) is 26.7 Å². The van der Waals surface area contributed by atoms with E-state index in [-0.39, 0.29) is 5.41 Å². The molecule has 0 radical (unpaired) electrons. The molecule has 2 rings (SSSR count). The average molecular weight is 205 g/mol. The number of aromatic hydroxyl groups is 1. The van der Waals surface area contributed by atoms with E-state index in [1.807, 2.05) is 6.07 Å². The number of rotatable bonds is 2. The molecule has 0 unspecified atom stereocenters. The van der Waals surface area contributed by atoms with E-state index >= 15 is 0 Å². The lowest BCUT2D eigenvalue weighted by Gasteiger charge is -2.07. The van der Waals surface area contributed by atoms with Crippen molar-refractivity contribution < 1.29 is 5.11 Å². The Hall–Kier alpha value is -1.02. The van der Waals surface area contributed by atoms with Crippen LogP contribution in [0.3, 0.4) is 0 Å². The van der Waals surface area contributed by atoms with Crippen LogP contribution in [0.5, 0.6) is 5.75 Å². The zero-order valence-corrected chi connectivity index (χ0v) is 9.62. The number of hydrogen-bond acceptors (Lipinski definition) is 2. The molecule has 0 spiro atoms. The van der Waals surface area contributed by atoms with Crippen LogP contribution in [0.1, 0.15) is 30.9 Å². The van der Waals surface area contributed by atoms with Crippen molar-refractivity contribution >= 4 is 0 Å². The van der Waals surface area contributed by atoms with Crippen LogP contribution in [0.25, 0.3) is 0 Å². The van der Waals surface area contributed by atoms with Crippen LogP contribution >= 0.6 is 0 Å². The van der Waals surface area contributed by atoms with Gasteiger partial charge >= 0.3 is 0 Å². The monoisotopic (exact) mass is 205 g/mol. The smallest absolute Gasteiger partial charge is 0.119 e. The summed E-state index contributed by atoms with van der Waals surface area (Å²) in [6, 6.07) is 5.80. The maximum atomic E-state index is 9.85. The molecule has 15 heavy (non-hydrogen) atoms. The lowest BCUT2D eigenvalue weighted by molar-refractivity contribution is 0.464. The fourth-order valence-corrected chi connectivity index (χ4v) is 2.72. The molecule has 1 aromatic carbocycles. The van der Waals surface area contributed by atoms with E-state index in [9.17, 15) is 5.11 Å². The second-order valence-electron chi connectivity index (χ2n) is 5.20. The lowest BCUT2D eigenvalue weighted by Crippen LogP contribution is -2.05. The molecule has 1 fully saturated rings. The Morgan fingerprint density at radius 2 is 2.07 bits per heavy atom. The van der Waals surface area contributed by atoms with Gasteiger partial charge < -0.3 is 10.8 Å². The SMILES string of the molecule is Cc1ccc(O)c([C@H]2[C@H](CN)C2(C)C)c1. The minimum atomic E-state index is 0.236. The van der Waals surface area contributed by atoms with E-state index < -0.39 is 0 Å². The maximum Gasteiger partial charge on any atom is 0.119 e. The number of phenols is 1. The van der Waals surface area contributed by atoms with Gasteiger partial charge in [-0.2, -0.15) is 0 Å². The quantitative estimate of drug-likeness (QED) is 0.778. The molecule has 0 aliphatic heterocycles. The fraction of sp³-hybridized carbons (Fsp3) is 0.538. The number of aryl methyl sites for hydroxylation is 1. The molecule has 3 N–H and O–H groups in total. The van der Waals surface area contributed by atoms with Gasteiger partial charge in [0.25, 0.3) is 0 Å². The summed E-state index contributed by atoms with van der Waals surface area (Å²) in [7, 11) is 0. The summed E-state index contributed by atoms with van der Waals surface area (Å²) in [5.41, 5.74) is 8.24. The summed E-state index contributed by atoms with van der Waals surface area (Å²) in [4.78, 5) is 0. The molecule has 2 heteroatoms. The summed E-state index contributed by atoms with van der Waals surface area (Å²) < 4.78 is 0. The molecule has 1 aromatic rings. The van der Waals surface area contributed by atoms with Gasteiger partial charge in [-0.05, 0) is 42.3 Å². The molecule has 0 bridgehead atoms. The largest absolute Gasteiger partial charge is 0.508 e. The Balaban J connectivity index is 2.36. The topological polar surface area (TPSA) is 46.2 Å². The van der Waals surface area contributed by atoms with Crippen LogP contribution in [0, 0.1) is 18.3 Å². The predicted octanol–water partition coefficient (Wildman–Crippen LogP) is 2.40. The first-order valence-electron chi connectivity index (χ1n) is 5.48. The van der Waals surface area contributed by atoms with Crippen molar-refractivity contribution in [3.05, 3.63) is 29.3 Å². The molecule has 82 valence electrons. The van der Waals surface area contributed by atoms with E-state index in [1.165, 1.54) is 5.56 Å². The molecular formula is C13H19NO. The third-order valence-corrected chi connectivity index (χ3v) is 3.82. The first-order chi connectivity index (χ1) is 6.98. The zero-order valence-electron chi connectivity index (χ0n) is 9.62. The minimum Gasteiger partial charge on any atom is -0.508 e. The van der Waals surface area contributed by atoms with E-state index in [2.05, 4.69) is 26.8 Å². The Bertz CT molecular complexity index is 384. The highest BCUT2D eigenvalue weighted by atomic mass is 16.3. The van der Waals surface area contributed by atoms with Crippen LogP contribution in [0.4, 0.5) is 0 Å². The first-order valence-corrected chi connectivity index (χ1v) is 5.48. The predicted molar refractivity (Wildman–Crippen MR) is 61.9 cm³/mol. The van der Waals surface area contributed by atoms with E-state index in [1.54, 1.807) is 6.07 Å². The number of benzene rings is 1. The molecule has 0 aromatic heterocycles. The Labute approximate surface area is 91.1 Å². The molecule has 1 aliphatic carbocycles. The first kappa shape index (κ1) is 10.5. The highest BCUT2D eigenvalue weighted by Gasteiger charge is 2.57. The standard InChI is InChI=1S/C13H19NO/c1-8-4-5-11(15)9(6-8)12-10(7-14)13(12,2)3/h4-6,10,12,15H,7,14H2,1-3H3/t10-,12-/m0/s1. The summed E-state index contributed by atoms with van der Waals surface area (Å²) in [5, 5.41) is 9.85. The van der Waals surface area contributed by atoms with Crippen LogP contribution in [0.2, 0.25) is 0 Å². The third-order valence-electron chi connectivity index (χ3n) is 3.82. The molecule has 0 heterocycles. The molecule has 1 aliphatic rings. The molecular weight excluding hydrogens is 186 g/mol. The fourth-order valence-electron chi connectivity index (χ4n) is 2.72. The van der Waals surface area contributed by atoms with Gasteiger partial charge in [-0.3, -0.25) is 0 Å². The summed E-state index contributed by atoms with van der Waals surface area (Å²) in [5.74, 6) is 1.34. The van der Waals surface area contributed by atoms with Gasteiger partial charge in [0, 0.05) is 0 Å². The zero-order chi connectivity index (χ0) is 11.2. The third kappa shape index (κ3) is 1.53. The number of nitrogens with two attached hydrogens (primary N) is 1.